The van der Waals surface area contributed by atoms with E-state index in [0.29, 0.717) is 34.9 Å². The zero-order valence-electron chi connectivity index (χ0n) is 24.9. The third-order valence-electron chi connectivity index (χ3n) is 8.30. The van der Waals surface area contributed by atoms with Crippen LogP contribution in [0.2, 0.25) is 10.0 Å². The van der Waals surface area contributed by atoms with Gasteiger partial charge in [0.05, 0.1) is 17.1 Å². The van der Waals surface area contributed by atoms with Crippen LogP contribution in [0.25, 0.3) is 11.0 Å². The fourth-order valence-corrected chi connectivity index (χ4v) is 7.55. The van der Waals surface area contributed by atoms with Crippen LogP contribution >= 0.6 is 23.2 Å². The molecule has 2 aliphatic heterocycles. The Morgan fingerprint density at radius 1 is 1.00 bits per heavy atom. The smallest absolute Gasteiger partial charge is 0.251 e. The number of H-pyrrole nitrogens is 1. The first-order chi connectivity index (χ1) is 21.7. The highest BCUT2D eigenvalue weighted by Crippen LogP contribution is 2.28. The lowest BCUT2D eigenvalue weighted by molar-refractivity contribution is 0.0775. The number of fused-ring (bicyclic) bond motifs is 1. The summed E-state index contributed by atoms with van der Waals surface area (Å²) in [6.07, 6.45) is 1.86. The van der Waals surface area contributed by atoms with E-state index in [9.17, 15) is 13.2 Å². The molecule has 0 saturated carbocycles. The summed E-state index contributed by atoms with van der Waals surface area (Å²) in [6.45, 7) is 5.91. The number of anilines is 1. The van der Waals surface area contributed by atoms with Crippen LogP contribution in [0.15, 0.2) is 58.5 Å². The number of aromatic amines is 1. The Labute approximate surface area is 272 Å². The van der Waals surface area contributed by atoms with E-state index in [4.69, 9.17) is 27.9 Å². The first-order valence-electron chi connectivity index (χ1n) is 14.9. The van der Waals surface area contributed by atoms with E-state index in [2.05, 4.69) is 48.7 Å². The molecule has 4 heterocycles. The highest BCUT2D eigenvalue weighted by atomic mass is 35.5. The van der Waals surface area contributed by atoms with Crippen LogP contribution in [0, 0.1) is 0 Å². The van der Waals surface area contributed by atoms with Gasteiger partial charge in [0.1, 0.15) is 11.0 Å². The van der Waals surface area contributed by atoms with Gasteiger partial charge in [-0.25, -0.2) is 13.4 Å². The minimum absolute atomic E-state index is 0.0629. The van der Waals surface area contributed by atoms with Crippen LogP contribution in [0.3, 0.4) is 0 Å². The summed E-state index contributed by atoms with van der Waals surface area (Å²) >= 11 is 12.1. The van der Waals surface area contributed by atoms with Crippen molar-refractivity contribution in [3.05, 3.63) is 75.4 Å². The molecule has 2 aromatic heterocycles. The van der Waals surface area contributed by atoms with Crippen molar-refractivity contribution in [3.63, 3.8) is 0 Å². The van der Waals surface area contributed by atoms with Crippen LogP contribution in [-0.2, 0) is 27.7 Å². The van der Waals surface area contributed by atoms with Crippen molar-refractivity contribution in [1.29, 1.82) is 0 Å². The molecule has 0 unspecified atom stereocenters. The van der Waals surface area contributed by atoms with Crippen molar-refractivity contribution in [2.45, 2.75) is 41.9 Å². The number of nitrogens with one attached hydrogen (secondary N) is 3. The van der Waals surface area contributed by atoms with Gasteiger partial charge in [0.25, 0.3) is 5.91 Å². The minimum Gasteiger partial charge on any atom is -0.381 e. The molecular weight excluding hydrogens is 637 g/mol. The highest BCUT2D eigenvalue weighted by Gasteiger charge is 2.23. The third-order valence-corrected chi connectivity index (χ3v) is 10.4. The summed E-state index contributed by atoms with van der Waals surface area (Å²) in [5.41, 5.74) is 3.89. The number of halogens is 2. The minimum atomic E-state index is -4.01. The molecule has 0 atom stereocenters. The maximum Gasteiger partial charge on any atom is 0.251 e. The first kappa shape index (κ1) is 31.7. The lowest BCUT2D eigenvalue weighted by Crippen LogP contribution is -2.44. The summed E-state index contributed by atoms with van der Waals surface area (Å²) in [5.74, 6) is -0.246. The average molecular weight is 673 g/mol. The molecule has 0 aliphatic carbocycles. The number of amides is 1. The van der Waals surface area contributed by atoms with E-state index < -0.39 is 9.84 Å². The van der Waals surface area contributed by atoms with Crippen LogP contribution in [-0.4, -0.2) is 86.9 Å². The van der Waals surface area contributed by atoms with Gasteiger partial charge in [-0.3, -0.25) is 9.89 Å². The molecule has 2 fully saturated rings. The van der Waals surface area contributed by atoms with Crippen LogP contribution < -0.4 is 15.5 Å². The second-order valence-electron chi connectivity index (χ2n) is 11.4. The van der Waals surface area contributed by atoms with Gasteiger partial charge in [0.15, 0.2) is 5.03 Å². The van der Waals surface area contributed by atoms with Crippen molar-refractivity contribution in [2.75, 3.05) is 51.3 Å². The van der Waals surface area contributed by atoms with E-state index in [-0.39, 0.29) is 32.4 Å². The largest absolute Gasteiger partial charge is 0.381 e. The molecule has 4 aromatic rings. The quantitative estimate of drug-likeness (QED) is 0.241. The van der Waals surface area contributed by atoms with Crippen molar-refractivity contribution >= 4 is 55.7 Å². The number of carbonyl (C=O) groups is 1. The average Bonchev–Trinajstić information content (AvgIpc) is 3.45. The fraction of sp³-hybridized carbons (Fsp3) is 0.387. The zero-order valence-corrected chi connectivity index (χ0v) is 27.2. The van der Waals surface area contributed by atoms with Gasteiger partial charge in [0.2, 0.25) is 9.84 Å². The third kappa shape index (κ3) is 7.26. The normalized spacial score (nSPS) is 16.7. The van der Waals surface area contributed by atoms with Gasteiger partial charge in [-0.05, 0) is 74.0 Å². The zero-order chi connectivity index (χ0) is 31.6. The Hall–Kier alpha value is -3.26. The van der Waals surface area contributed by atoms with Crippen molar-refractivity contribution in [2.24, 2.45) is 0 Å². The number of benzene rings is 2. The summed E-state index contributed by atoms with van der Waals surface area (Å²) in [4.78, 5) is 22.6. The number of hydrogen-bond donors (Lipinski definition) is 3. The van der Waals surface area contributed by atoms with Gasteiger partial charge in [-0.1, -0.05) is 23.2 Å². The van der Waals surface area contributed by atoms with Gasteiger partial charge in [0, 0.05) is 73.3 Å². The molecule has 238 valence electrons. The lowest BCUT2D eigenvalue weighted by atomic mass is 10.0. The van der Waals surface area contributed by atoms with E-state index in [1.807, 2.05) is 12.1 Å². The maximum absolute atomic E-state index is 13.6. The molecule has 0 spiro atoms. The Bertz CT molecular complexity index is 1780. The van der Waals surface area contributed by atoms with Crippen molar-refractivity contribution < 1.29 is 17.9 Å². The number of piperazine rings is 1. The Morgan fingerprint density at radius 2 is 1.73 bits per heavy atom. The molecule has 2 saturated heterocycles. The molecule has 45 heavy (non-hydrogen) atoms. The molecule has 14 heteroatoms. The summed E-state index contributed by atoms with van der Waals surface area (Å²) in [7, 11) is -1.89. The number of pyridine rings is 1. The fourth-order valence-electron chi connectivity index (χ4n) is 5.63. The van der Waals surface area contributed by atoms with Crippen molar-refractivity contribution in [1.82, 2.24) is 30.7 Å². The molecule has 2 aliphatic rings. The van der Waals surface area contributed by atoms with E-state index in [1.165, 1.54) is 24.3 Å². The van der Waals surface area contributed by atoms with Gasteiger partial charge in [-0.15, -0.1) is 0 Å². The number of hydrogen-bond acceptors (Lipinski definition) is 9. The Balaban J connectivity index is 1.22. The predicted octanol–water partition coefficient (Wildman–Crippen LogP) is 4.05. The Kier molecular flexibility index (Phi) is 9.60. The van der Waals surface area contributed by atoms with Gasteiger partial charge < -0.3 is 25.2 Å². The molecule has 0 bridgehead atoms. The van der Waals surface area contributed by atoms with Gasteiger partial charge >= 0.3 is 0 Å². The second kappa shape index (κ2) is 13.6. The Morgan fingerprint density at radius 3 is 2.47 bits per heavy atom. The molecule has 0 radical (unpaired) electrons. The lowest BCUT2D eigenvalue weighted by Gasteiger charge is -2.34. The summed E-state index contributed by atoms with van der Waals surface area (Å²) < 4.78 is 32.2. The summed E-state index contributed by atoms with van der Waals surface area (Å²) in [5, 5.41) is 14.0. The predicted molar refractivity (Wildman–Crippen MR) is 174 cm³/mol. The van der Waals surface area contributed by atoms with Crippen LogP contribution in [0.4, 0.5) is 5.69 Å². The van der Waals surface area contributed by atoms with Crippen LogP contribution in [0.1, 0.15) is 34.5 Å². The number of carbonyl (C=O) groups excluding carboxylic acids is 1. The van der Waals surface area contributed by atoms with Gasteiger partial charge in [-0.2, -0.15) is 5.10 Å². The maximum atomic E-state index is 13.6. The molecule has 3 N–H and O–H groups in total. The monoisotopic (exact) mass is 671 g/mol. The summed E-state index contributed by atoms with van der Waals surface area (Å²) in [6, 6.07) is 13.4. The number of sulfone groups is 1. The number of rotatable bonds is 9. The molecule has 1 amide bonds. The molecule has 2 aromatic carbocycles. The number of likely N-dealkylation sites (N-methyl/N-ethyl adjacent to an activating group) is 1. The number of aromatic nitrogens is 3. The topological polar surface area (TPSA) is 133 Å². The number of nitrogens with zero attached hydrogens (tertiary/aromatic N) is 4. The van der Waals surface area contributed by atoms with E-state index >= 15 is 0 Å². The molecule has 6 rings (SSSR count). The van der Waals surface area contributed by atoms with E-state index in [1.54, 1.807) is 6.07 Å². The van der Waals surface area contributed by atoms with Crippen LogP contribution in [0.5, 0.6) is 0 Å². The standard InChI is InChI=1S/C31H35Cl2N7O4S/c1-39-8-10-40(11-9-39)24-2-3-26(20(14-24)18-34-23-6-12-44-13-7-23)31(41)35-19-28-30-27(37-38-28)4-5-29(36-30)45(42,43)25-16-21(32)15-22(33)17-25/h2-5,14-17,23,34H,6-13,18-19H2,1H3,(H,35,41)(H,37,38). The second-order valence-corrected chi connectivity index (χ2v) is 14.2. The molecular formula is C31H35Cl2N7O4S. The first-order valence-corrected chi connectivity index (χ1v) is 17.1. The van der Waals surface area contributed by atoms with Crippen molar-refractivity contribution in [3.8, 4) is 0 Å². The SMILES string of the molecule is CN1CCN(c2ccc(C(=O)NCc3[nH]nc4ccc(S(=O)(=O)c5cc(Cl)cc(Cl)c5)nc34)c(CNC3CCOCC3)c2)CC1. The number of ether oxygens (including phenoxy) is 1. The highest BCUT2D eigenvalue weighted by molar-refractivity contribution is 7.91. The van der Waals surface area contributed by atoms with E-state index in [0.717, 1.165) is 63.5 Å². The molecule has 11 nitrogen and oxygen atoms in total.